The van der Waals surface area contributed by atoms with Gasteiger partial charge < -0.3 is 0 Å². The quantitative estimate of drug-likeness (QED) is 0.512. The van der Waals surface area contributed by atoms with Gasteiger partial charge in [0.05, 0.1) is 0 Å². The lowest BCUT2D eigenvalue weighted by Crippen LogP contribution is -2.02. The van der Waals surface area contributed by atoms with Gasteiger partial charge in [-0.25, -0.2) is 0 Å². The topological polar surface area (TPSA) is 0 Å². The van der Waals surface area contributed by atoms with E-state index < -0.39 is 5.51 Å². The number of rotatable bonds is 6. The van der Waals surface area contributed by atoms with E-state index in [0.29, 0.717) is 11.6 Å². The molecule has 0 N–H and O–H groups in total. The molecule has 0 aliphatic heterocycles. The second-order valence-electron chi connectivity index (χ2n) is 1.95. The van der Waals surface area contributed by atoms with Gasteiger partial charge in [-0.1, -0.05) is 11.8 Å². The van der Waals surface area contributed by atoms with Crippen molar-refractivity contribution in [3.8, 4) is 0 Å². The summed E-state index contributed by atoms with van der Waals surface area (Å²) < 4.78 is 34.7. The minimum atomic E-state index is -4.08. The predicted molar refractivity (Wildman–Crippen MR) is 51.2 cm³/mol. The summed E-state index contributed by atoms with van der Waals surface area (Å²) in [7, 11) is 0. The van der Waals surface area contributed by atoms with Gasteiger partial charge in [-0.15, -0.1) is 11.6 Å². The van der Waals surface area contributed by atoms with Crippen LogP contribution in [0.1, 0.15) is 6.42 Å². The molecule has 0 radical (unpaired) electrons. The fraction of sp³-hybridized carbons (Fsp3) is 1.00. The van der Waals surface area contributed by atoms with Crippen LogP contribution >= 0.6 is 35.1 Å². The number of alkyl halides is 4. The van der Waals surface area contributed by atoms with Crippen LogP contribution in [-0.2, 0) is 0 Å². The van der Waals surface area contributed by atoms with E-state index in [2.05, 4.69) is 0 Å². The Balaban J connectivity index is 3.01. The van der Waals surface area contributed by atoms with Crippen LogP contribution in [0.5, 0.6) is 0 Å². The Hall–Kier alpha value is 0.780. The van der Waals surface area contributed by atoms with E-state index in [9.17, 15) is 13.2 Å². The molecule has 0 amide bonds. The molecule has 6 heteroatoms. The molecule has 0 saturated carbocycles. The first-order chi connectivity index (χ1) is 5.56. The van der Waals surface area contributed by atoms with Crippen LogP contribution in [0.3, 0.4) is 0 Å². The van der Waals surface area contributed by atoms with E-state index in [4.69, 9.17) is 11.6 Å². The van der Waals surface area contributed by atoms with Crippen LogP contribution in [0, 0.1) is 0 Å². The normalized spacial score (nSPS) is 12.0. The lowest BCUT2D eigenvalue weighted by molar-refractivity contribution is -0.0326. The van der Waals surface area contributed by atoms with Crippen LogP contribution in [0.2, 0.25) is 0 Å². The van der Waals surface area contributed by atoms with Gasteiger partial charge in [0.15, 0.2) is 0 Å². The van der Waals surface area contributed by atoms with Gasteiger partial charge in [0, 0.05) is 17.4 Å². The predicted octanol–water partition coefficient (Wildman–Crippen LogP) is 3.60. The van der Waals surface area contributed by atoms with Crippen molar-refractivity contribution in [1.29, 1.82) is 0 Å². The third-order valence-corrected chi connectivity index (χ3v) is 3.25. The number of halogens is 4. The molecule has 0 atom stereocenters. The van der Waals surface area contributed by atoms with Gasteiger partial charge in [0.1, 0.15) is 0 Å². The summed E-state index contributed by atoms with van der Waals surface area (Å²) in [6.07, 6.45) is 0.864. The van der Waals surface area contributed by atoms with Crippen molar-refractivity contribution in [3.05, 3.63) is 0 Å². The minimum absolute atomic E-state index is 0.0378. The van der Waals surface area contributed by atoms with Crippen molar-refractivity contribution in [2.75, 3.05) is 23.1 Å². The standard InChI is InChI=1S/C6H10ClF3S2/c7-2-1-3-11-4-5-12-6(8,9)10/h1-5H2. The molecule has 0 aliphatic rings. The average Bonchev–Trinajstić information content (AvgIpc) is 1.94. The van der Waals surface area contributed by atoms with Gasteiger partial charge >= 0.3 is 5.51 Å². The van der Waals surface area contributed by atoms with Crippen molar-refractivity contribution in [1.82, 2.24) is 0 Å². The molecule has 0 saturated heterocycles. The summed E-state index contributed by atoms with van der Waals surface area (Å²) in [5.74, 6) is 2.11. The summed E-state index contributed by atoms with van der Waals surface area (Å²) in [5.41, 5.74) is -4.08. The molecule has 0 aromatic carbocycles. The zero-order valence-corrected chi connectivity index (χ0v) is 8.75. The highest BCUT2D eigenvalue weighted by Crippen LogP contribution is 2.30. The van der Waals surface area contributed by atoms with Gasteiger partial charge in [0.25, 0.3) is 0 Å². The highest BCUT2D eigenvalue weighted by molar-refractivity contribution is 8.03. The number of thioether (sulfide) groups is 2. The molecule has 12 heavy (non-hydrogen) atoms. The first kappa shape index (κ1) is 12.8. The van der Waals surface area contributed by atoms with Gasteiger partial charge in [-0.05, 0) is 12.2 Å². The Kier molecular flexibility index (Phi) is 7.68. The number of hydrogen-bond donors (Lipinski definition) is 0. The Morgan fingerprint density at radius 3 is 2.25 bits per heavy atom. The van der Waals surface area contributed by atoms with Gasteiger partial charge in [-0.3, -0.25) is 0 Å². The molecule has 0 heterocycles. The Labute approximate surface area is 83.6 Å². The van der Waals surface area contributed by atoms with Crippen molar-refractivity contribution in [2.24, 2.45) is 0 Å². The van der Waals surface area contributed by atoms with Crippen LogP contribution in [0.4, 0.5) is 13.2 Å². The summed E-state index contributed by atoms with van der Waals surface area (Å²) in [6.45, 7) is 0. The summed E-state index contributed by atoms with van der Waals surface area (Å²) in [6, 6.07) is 0. The van der Waals surface area contributed by atoms with E-state index in [-0.39, 0.29) is 17.5 Å². The fourth-order valence-electron chi connectivity index (χ4n) is 0.475. The zero-order chi connectivity index (χ0) is 9.45. The molecular formula is C6H10ClF3S2. The van der Waals surface area contributed by atoms with Crippen molar-refractivity contribution in [2.45, 2.75) is 11.9 Å². The number of hydrogen-bond acceptors (Lipinski definition) is 2. The first-order valence-corrected chi connectivity index (χ1v) is 6.08. The molecule has 0 spiro atoms. The second kappa shape index (κ2) is 7.21. The summed E-state index contributed by atoms with van der Waals surface area (Å²) in [4.78, 5) is 0. The van der Waals surface area contributed by atoms with Crippen LogP contribution in [0.15, 0.2) is 0 Å². The van der Waals surface area contributed by atoms with E-state index in [0.717, 1.165) is 12.2 Å². The smallest absolute Gasteiger partial charge is 0.161 e. The highest BCUT2D eigenvalue weighted by atomic mass is 35.5. The molecule has 0 aromatic rings. The van der Waals surface area contributed by atoms with Crippen LogP contribution < -0.4 is 0 Å². The molecule has 0 unspecified atom stereocenters. The maximum atomic E-state index is 11.6. The SMILES string of the molecule is FC(F)(F)SCCSCCCCl. The Bertz CT molecular complexity index is 107. The highest BCUT2D eigenvalue weighted by Gasteiger charge is 2.27. The molecule has 0 aliphatic carbocycles. The molecule has 74 valence electrons. The molecule has 0 bridgehead atoms. The molecule has 0 nitrogen and oxygen atoms in total. The van der Waals surface area contributed by atoms with E-state index in [1.165, 1.54) is 11.8 Å². The molecular weight excluding hydrogens is 229 g/mol. The molecule has 0 aromatic heterocycles. The summed E-state index contributed by atoms with van der Waals surface area (Å²) in [5, 5.41) is 0. The third-order valence-electron chi connectivity index (χ3n) is 0.916. The van der Waals surface area contributed by atoms with E-state index in [1.807, 2.05) is 0 Å². The lowest BCUT2D eigenvalue weighted by atomic mass is 10.6. The van der Waals surface area contributed by atoms with Gasteiger partial charge in [0.2, 0.25) is 0 Å². The minimum Gasteiger partial charge on any atom is -0.161 e. The Morgan fingerprint density at radius 2 is 1.75 bits per heavy atom. The van der Waals surface area contributed by atoms with Crippen molar-refractivity contribution >= 4 is 35.1 Å². The zero-order valence-electron chi connectivity index (χ0n) is 6.36. The van der Waals surface area contributed by atoms with Crippen LogP contribution in [0.25, 0.3) is 0 Å². The van der Waals surface area contributed by atoms with E-state index in [1.54, 1.807) is 0 Å². The molecule has 0 fully saturated rings. The van der Waals surface area contributed by atoms with Crippen molar-refractivity contribution in [3.63, 3.8) is 0 Å². The maximum absolute atomic E-state index is 11.6. The molecule has 0 rings (SSSR count). The monoisotopic (exact) mass is 238 g/mol. The fourth-order valence-corrected chi connectivity index (χ4v) is 2.36. The third kappa shape index (κ3) is 10.8. The Morgan fingerprint density at radius 1 is 1.08 bits per heavy atom. The first-order valence-electron chi connectivity index (χ1n) is 3.40. The van der Waals surface area contributed by atoms with Crippen LogP contribution in [-0.4, -0.2) is 28.6 Å². The lowest BCUT2D eigenvalue weighted by Gasteiger charge is -2.04. The van der Waals surface area contributed by atoms with Gasteiger partial charge in [-0.2, -0.15) is 24.9 Å². The average molecular weight is 239 g/mol. The maximum Gasteiger partial charge on any atom is 0.441 e. The second-order valence-corrected chi connectivity index (χ2v) is 4.71. The van der Waals surface area contributed by atoms with E-state index >= 15 is 0 Å². The largest absolute Gasteiger partial charge is 0.441 e. The van der Waals surface area contributed by atoms with Crippen molar-refractivity contribution < 1.29 is 13.2 Å². The summed E-state index contributed by atoms with van der Waals surface area (Å²) >= 11 is 6.94.